The Morgan fingerprint density at radius 1 is 1.35 bits per heavy atom. The number of hydrogen-bond acceptors (Lipinski definition) is 3. The summed E-state index contributed by atoms with van der Waals surface area (Å²) in [7, 11) is 0. The van der Waals surface area contributed by atoms with Crippen LogP contribution in [0.3, 0.4) is 0 Å². The molecule has 2 aromatic heterocycles. The summed E-state index contributed by atoms with van der Waals surface area (Å²) in [6, 6.07) is 1.65. The molecule has 0 saturated heterocycles. The van der Waals surface area contributed by atoms with Crippen LogP contribution < -0.4 is 5.32 Å². The second-order valence-electron chi connectivity index (χ2n) is 4.37. The third kappa shape index (κ3) is 2.69. The molecule has 0 aromatic carbocycles. The van der Waals surface area contributed by atoms with Gasteiger partial charge in [-0.05, 0) is 32.4 Å². The van der Waals surface area contributed by atoms with Gasteiger partial charge in [0.2, 0.25) is 0 Å². The number of alkyl halides is 3. The minimum Gasteiger partial charge on any atom is -0.318 e. The molecule has 2 aromatic rings. The molecule has 0 atom stereocenters. The molecule has 0 aliphatic carbocycles. The summed E-state index contributed by atoms with van der Waals surface area (Å²) >= 11 is 1.24. The van der Waals surface area contributed by atoms with Gasteiger partial charge < -0.3 is 5.32 Å². The first-order valence-corrected chi connectivity index (χ1v) is 6.52. The third-order valence-electron chi connectivity index (χ3n) is 2.84. The molecule has 4 nitrogen and oxygen atoms in total. The van der Waals surface area contributed by atoms with Crippen LogP contribution in [0.4, 0.5) is 18.9 Å². The lowest BCUT2D eigenvalue weighted by atomic mass is 10.2. The lowest BCUT2D eigenvalue weighted by molar-refractivity contribution is -0.140. The first kappa shape index (κ1) is 14.6. The zero-order valence-corrected chi connectivity index (χ0v) is 11.8. The maximum absolute atomic E-state index is 12.8. The van der Waals surface area contributed by atoms with Crippen molar-refractivity contribution < 1.29 is 18.0 Å². The van der Waals surface area contributed by atoms with Crippen LogP contribution in [0, 0.1) is 20.8 Å². The molecule has 1 amide bonds. The van der Waals surface area contributed by atoms with Crippen molar-refractivity contribution in [2.24, 2.45) is 0 Å². The summed E-state index contributed by atoms with van der Waals surface area (Å²) in [5.74, 6) is -0.568. The predicted molar refractivity (Wildman–Crippen MR) is 70.1 cm³/mol. The van der Waals surface area contributed by atoms with E-state index in [4.69, 9.17) is 0 Å². The number of nitrogens with one attached hydrogen (secondary N) is 2. The van der Waals surface area contributed by atoms with E-state index in [0.29, 0.717) is 4.88 Å². The van der Waals surface area contributed by atoms with Gasteiger partial charge in [-0.15, -0.1) is 11.3 Å². The Morgan fingerprint density at radius 3 is 2.50 bits per heavy atom. The molecule has 2 heterocycles. The quantitative estimate of drug-likeness (QED) is 0.889. The van der Waals surface area contributed by atoms with Crippen molar-refractivity contribution in [2.75, 3.05) is 5.32 Å². The Balaban J connectivity index is 2.31. The van der Waals surface area contributed by atoms with Crippen molar-refractivity contribution in [1.29, 1.82) is 0 Å². The Hall–Kier alpha value is -1.83. The summed E-state index contributed by atoms with van der Waals surface area (Å²) in [6.07, 6.45) is -4.62. The number of carbonyl (C=O) groups excluding carboxylic acids is 1. The number of aryl methyl sites for hydroxylation is 3. The molecular weight excluding hydrogens is 291 g/mol. The summed E-state index contributed by atoms with van der Waals surface area (Å²) in [6.45, 7) is 5.11. The van der Waals surface area contributed by atoms with E-state index in [0.717, 1.165) is 10.4 Å². The minimum atomic E-state index is -4.62. The van der Waals surface area contributed by atoms with Crippen molar-refractivity contribution in [1.82, 2.24) is 10.2 Å². The van der Waals surface area contributed by atoms with Gasteiger partial charge in [-0.2, -0.15) is 18.3 Å². The van der Waals surface area contributed by atoms with E-state index < -0.39 is 17.8 Å². The van der Waals surface area contributed by atoms with E-state index in [1.807, 2.05) is 13.8 Å². The molecule has 0 spiro atoms. The lowest BCUT2D eigenvalue weighted by Crippen LogP contribution is -2.15. The van der Waals surface area contributed by atoms with E-state index >= 15 is 0 Å². The van der Waals surface area contributed by atoms with Gasteiger partial charge in [-0.25, -0.2) is 0 Å². The standard InChI is InChI=1S/C12H12F3N3OS/c1-5-4-8(20-7(5)3)11(19)16-9-6(2)17-18-10(9)12(13,14)15/h4H,1-3H3,(H,16,19)(H,17,18). The molecular formula is C12H12F3N3OS. The van der Waals surface area contributed by atoms with E-state index in [2.05, 4.69) is 15.5 Å². The fourth-order valence-corrected chi connectivity index (χ4v) is 2.58. The number of H-pyrrole nitrogens is 1. The number of thiophene rings is 1. The van der Waals surface area contributed by atoms with Crippen LogP contribution in [0.5, 0.6) is 0 Å². The van der Waals surface area contributed by atoms with Crippen molar-refractivity contribution in [2.45, 2.75) is 26.9 Å². The van der Waals surface area contributed by atoms with E-state index in [1.165, 1.54) is 18.3 Å². The van der Waals surface area contributed by atoms with E-state index in [-0.39, 0.29) is 11.4 Å². The molecule has 0 saturated carbocycles. The first-order chi connectivity index (χ1) is 9.20. The molecule has 0 fully saturated rings. The number of amides is 1. The second-order valence-corrected chi connectivity index (χ2v) is 5.63. The van der Waals surface area contributed by atoms with Gasteiger partial charge in [0.25, 0.3) is 5.91 Å². The van der Waals surface area contributed by atoms with Crippen LogP contribution in [0.15, 0.2) is 6.07 Å². The van der Waals surface area contributed by atoms with E-state index in [1.54, 1.807) is 6.07 Å². The fraction of sp³-hybridized carbons (Fsp3) is 0.333. The van der Waals surface area contributed by atoms with Crippen molar-refractivity contribution in [3.8, 4) is 0 Å². The highest BCUT2D eigenvalue weighted by molar-refractivity contribution is 7.14. The van der Waals surface area contributed by atoms with Gasteiger partial charge in [0.1, 0.15) is 0 Å². The normalized spacial score (nSPS) is 11.7. The Labute approximate surface area is 117 Å². The number of anilines is 1. The number of halogens is 3. The maximum Gasteiger partial charge on any atom is 0.437 e. The first-order valence-electron chi connectivity index (χ1n) is 5.70. The van der Waals surface area contributed by atoms with Crippen LogP contribution in [0.1, 0.15) is 31.5 Å². The zero-order chi connectivity index (χ0) is 15.1. The summed E-state index contributed by atoms with van der Waals surface area (Å²) in [5.41, 5.74) is -0.352. The van der Waals surface area contributed by atoms with Crippen LogP contribution in [0.25, 0.3) is 0 Å². The molecule has 0 radical (unpaired) electrons. The number of carbonyl (C=O) groups is 1. The van der Waals surface area contributed by atoms with Gasteiger partial charge in [-0.3, -0.25) is 9.89 Å². The maximum atomic E-state index is 12.8. The Morgan fingerprint density at radius 2 is 2.00 bits per heavy atom. The van der Waals surface area contributed by atoms with E-state index in [9.17, 15) is 18.0 Å². The molecule has 0 aliphatic rings. The predicted octanol–water partition coefficient (Wildman–Crippen LogP) is 3.67. The number of aromatic nitrogens is 2. The molecule has 0 bridgehead atoms. The number of nitrogens with zero attached hydrogens (tertiary/aromatic N) is 1. The smallest absolute Gasteiger partial charge is 0.318 e. The molecule has 0 aliphatic heterocycles. The van der Waals surface area contributed by atoms with Crippen molar-refractivity contribution >= 4 is 22.9 Å². The monoisotopic (exact) mass is 303 g/mol. The number of aromatic amines is 1. The Kier molecular flexibility index (Phi) is 3.59. The summed E-state index contributed by atoms with van der Waals surface area (Å²) in [4.78, 5) is 13.3. The van der Waals surface area contributed by atoms with Crippen LogP contribution in [-0.4, -0.2) is 16.1 Å². The van der Waals surface area contributed by atoms with Crippen molar-refractivity contribution in [3.05, 3.63) is 32.8 Å². The van der Waals surface area contributed by atoms with Gasteiger partial charge in [-0.1, -0.05) is 0 Å². The average molecular weight is 303 g/mol. The van der Waals surface area contributed by atoms with Crippen molar-refractivity contribution in [3.63, 3.8) is 0 Å². The van der Waals surface area contributed by atoms with Gasteiger partial charge in [0.05, 0.1) is 16.3 Å². The van der Waals surface area contributed by atoms with Gasteiger partial charge in [0, 0.05) is 4.88 Å². The summed E-state index contributed by atoms with van der Waals surface area (Å²) < 4.78 is 38.3. The van der Waals surface area contributed by atoms with Gasteiger partial charge in [0.15, 0.2) is 5.69 Å². The molecule has 2 rings (SSSR count). The molecule has 108 valence electrons. The molecule has 2 N–H and O–H groups in total. The highest BCUT2D eigenvalue weighted by Crippen LogP contribution is 2.35. The second kappa shape index (κ2) is 4.93. The highest BCUT2D eigenvalue weighted by atomic mass is 32.1. The van der Waals surface area contributed by atoms with Crippen LogP contribution in [-0.2, 0) is 6.18 Å². The fourth-order valence-electron chi connectivity index (χ4n) is 1.65. The number of hydrogen-bond donors (Lipinski definition) is 2. The van der Waals surface area contributed by atoms with Crippen LogP contribution >= 0.6 is 11.3 Å². The average Bonchev–Trinajstić information content (AvgIpc) is 2.84. The largest absolute Gasteiger partial charge is 0.437 e. The summed E-state index contributed by atoms with van der Waals surface area (Å²) in [5, 5.41) is 7.71. The molecule has 8 heteroatoms. The minimum absolute atomic E-state index is 0.163. The lowest BCUT2D eigenvalue weighted by Gasteiger charge is -2.08. The zero-order valence-electron chi connectivity index (χ0n) is 11.0. The highest BCUT2D eigenvalue weighted by Gasteiger charge is 2.38. The van der Waals surface area contributed by atoms with Gasteiger partial charge >= 0.3 is 6.18 Å². The topological polar surface area (TPSA) is 57.8 Å². The SMILES string of the molecule is Cc1cc(C(=O)Nc2c(C(F)(F)F)n[nH]c2C)sc1C. The Bertz CT molecular complexity index is 638. The van der Waals surface area contributed by atoms with Crippen LogP contribution in [0.2, 0.25) is 0 Å². The molecule has 0 unspecified atom stereocenters. The third-order valence-corrected chi connectivity index (χ3v) is 4.00. The number of rotatable bonds is 2. The molecule has 20 heavy (non-hydrogen) atoms.